The summed E-state index contributed by atoms with van der Waals surface area (Å²) in [4.78, 5) is 10.5. The van der Waals surface area contributed by atoms with Gasteiger partial charge in [-0.05, 0) is 24.1 Å². The summed E-state index contributed by atoms with van der Waals surface area (Å²) in [6.45, 7) is 1.95. The van der Waals surface area contributed by atoms with Crippen molar-refractivity contribution >= 4 is 5.69 Å². The lowest BCUT2D eigenvalue weighted by Gasteiger charge is -2.12. The van der Waals surface area contributed by atoms with Crippen molar-refractivity contribution in [2.45, 2.75) is 13.0 Å². The zero-order valence-corrected chi connectivity index (χ0v) is 11.2. The quantitative estimate of drug-likeness (QED) is 0.686. The zero-order valence-electron chi connectivity index (χ0n) is 11.2. The monoisotopic (exact) mass is 273 g/mol. The summed E-state index contributed by atoms with van der Waals surface area (Å²) in [5.74, 6) is 0.176. The van der Waals surface area contributed by atoms with Gasteiger partial charge in [-0.15, -0.1) is 0 Å². The van der Waals surface area contributed by atoms with Crippen molar-refractivity contribution in [3.8, 4) is 5.75 Å². The highest BCUT2D eigenvalue weighted by atomic mass is 16.6. The van der Waals surface area contributed by atoms with Gasteiger partial charge in [0.2, 0.25) is 0 Å². The van der Waals surface area contributed by atoms with Gasteiger partial charge in [-0.25, -0.2) is 0 Å². The Kier molecular flexibility index (Phi) is 4.00. The fraction of sp³-hybridized carbons (Fsp3) is 0.200. The predicted molar refractivity (Wildman–Crippen MR) is 74.9 cm³/mol. The van der Waals surface area contributed by atoms with Crippen molar-refractivity contribution in [1.29, 1.82) is 0 Å². The summed E-state index contributed by atoms with van der Waals surface area (Å²) in [7, 11) is 1.37. The van der Waals surface area contributed by atoms with Crippen LogP contribution in [-0.4, -0.2) is 17.1 Å². The first kappa shape index (κ1) is 14.0. The van der Waals surface area contributed by atoms with Crippen molar-refractivity contribution in [2.24, 2.45) is 0 Å². The molecule has 0 radical (unpaired) electrons. The minimum absolute atomic E-state index is 0.156. The molecule has 0 aromatic heterocycles. The lowest BCUT2D eigenvalue weighted by Crippen LogP contribution is -2.02. The molecule has 0 heterocycles. The highest BCUT2D eigenvalue weighted by Gasteiger charge is 2.19. The predicted octanol–water partition coefficient (Wildman–Crippen LogP) is 2.99. The van der Waals surface area contributed by atoms with Crippen molar-refractivity contribution in [1.82, 2.24) is 0 Å². The van der Waals surface area contributed by atoms with Crippen LogP contribution >= 0.6 is 0 Å². The smallest absolute Gasteiger partial charge is 0.311 e. The third kappa shape index (κ3) is 2.78. The van der Waals surface area contributed by atoms with Crippen molar-refractivity contribution in [2.75, 3.05) is 7.11 Å². The van der Waals surface area contributed by atoms with E-state index in [-0.39, 0.29) is 11.4 Å². The van der Waals surface area contributed by atoms with Crippen LogP contribution in [0.3, 0.4) is 0 Å². The van der Waals surface area contributed by atoms with Crippen LogP contribution in [0.1, 0.15) is 22.8 Å². The molecule has 0 unspecified atom stereocenters. The number of ether oxygens (including phenoxy) is 1. The minimum Gasteiger partial charge on any atom is -0.490 e. The molecule has 0 amide bonds. The van der Waals surface area contributed by atoms with Crippen LogP contribution in [-0.2, 0) is 0 Å². The number of rotatable bonds is 4. The van der Waals surface area contributed by atoms with Crippen LogP contribution in [0.4, 0.5) is 5.69 Å². The van der Waals surface area contributed by atoms with Gasteiger partial charge in [0.1, 0.15) is 6.10 Å². The van der Waals surface area contributed by atoms with Crippen molar-refractivity contribution in [3.05, 3.63) is 69.3 Å². The topological polar surface area (TPSA) is 72.6 Å². The molecular formula is C15H15NO4. The van der Waals surface area contributed by atoms with Crippen molar-refractivity contribution in [3.63, 3.8) is 0 Å². The SMILES string of the molecule is COc1ccc([C@@H](O)c2ccc(C)cc2)cc1[N+](=O)[O-]. The van der Waals surface area contributed by atoms with E-state index >= 15 is 0 Å². The van der Waals surface area contributed by atoms with Gasteiger partial charge < -0.3 is 9.84 Å². The van der Waals surface area contributed by atoms with Gasteiger partial charge in [-0.2, -0.15) is 0 Å². The van der Waals surface area contributed by atoms with E-state index in [1.165, 1.54) is 19.2 Å². The van der Waals surface area contributed by atoms with Gasteiger partial charge in [0, 0.05) is 6.07 Å². The molecule has 0 saturated carbocycles. The number of aryl methyl sites for hydroxylation is 1. The second-order valence-corrected chi connectivity index (χ2v) is 4.50. The molecule has 20 heavy (non-hydrogen) atoms. The first-order valence-electron chi connectivity index (χ1n) is 6.10. The lowest BCUT2D eigenvalue weighted by molar-refractivity contribution is -0.385. The molecule has 0 aliphatic carbocycles. The van der Waals surface area contributed by atoms with Crippen LogP contribution < -0.4 is 4.74 Å². The molecule has 1 atom stereocenters. The first-order chi connectivity index (χ1) is 9.52. The number of nitro benzene ring substituents is 1. The Balaban J connectivity index is 2.39. The molecule has 5 nitrogen and oxygen atoms in total. The molecule has 0 aliphatic rings. The molecular weight excluding hydrogens is 258 g/mol. The van der Waals surface area contributed by atoms with Crippen molar-refractivity contribution < 1.29 is 14.8 Å². The Morgan fingerprint density at radius 3 is 2.30 bits per heavy atom. The second-order valence-electron chi connectivity index (χ2n) is 4.50. The highest BCUT2D eigenvalue weighted by molar-refractivity contribution is 5.50. The third-order valence-electron chi connectivity index (χ3n) is 3.11. The van der Waals surface area contributed by atoms with Gasteiger partial charge in [0.05, 0.1) is 12.0 Å². The molecule has 5 heteroatoms. The Morgan fingerprint density at radius 1 is 1.15 bits per heavy atom. The molecule has 0 saturated heterocycles. The number of hydrogen-bond acceptors (Lipinski definition) is 4. The molecule has 0 aliphatic heterocycles. The van der Waals surface area contributed by atoms with Gasteiger partial charge in [-0.1, -0.05) is 35.9 Å². The number of methoxy groups -OCH3 is 1. The van der Waals surface area contributed by atoms with E-state index in [0.717, 1.165) is 5.56 Å². The Hall–Kier alpha value is -2.40. The number of nitro groups is 1. The van der Waals surface area contributed by atoms with Gasteiger partial charge in [0.15, 0.2) is 5.75 Å². The number of nitrogens with zero attached hydrogens (tertiary/aromatic N) is 1. The lowest BCUT2D eigenvalue weighted by atomic mass is 10.00. The molecule has 0 bridgehead atoms. The normalized spacial score (nSPS) is 11.9. The minimum atomic E-state index is -0.903. The van der Waals surface area contributed by atoms with E-state index in [2.05, 4.69) is 0 Å². The molecule has 0 fully saturated rings. The fourth-order valence-electron chi connectivity index (χ4n) is 1.96. The standard InChI is InChI=1S/C15H15NO4/c1-10-3-5-11(6-4-10)15(17)12-7-8-14(20-2)13(9-12)16(18)19/h3-9,15,17H,1-2H3/t15-/m0/s1. The highest BCUT2D eigenvalue weighted by Crippen LogP contribution is 2.32. The number of aliphatic hydroxyl groups excluding tert-OH is 1. The molecule has 2 rings (SSSR count). The van der Waals surface area contributed by atoms with Crippen LogP contribution in [0.5, 0.6) is 5.75 Å². The Labute approximate surface area is 116 Å². The van der Waals surface area contributed by atoms with Crippen LogP contribution in [0.25, 0.3) is 0 Å². The molecule has 1 N–H and O–H groups in total. The van der Waals surface area contributed by atoms with Gasteiger partial charge in [-0.3, -0.25) is 10.1 Å². The summed E-state index contributed by atoms with van der Waals surface area (Å²) in [5.41, 5.74) is 2.08. The molecule has 0 spiro atoms. The fourth-order valence-corrected chi connectivity index (χ4v) is 1.96. The Morgan fingerprint density at radius 2 is 1.75 bits per heavy atom. The van der Waals surface area contributed by atoms with Gasteiger partial charge in [0.25, 0.3) is 0 Å². The zero-order chi connectivity index (χ0) is 14.7. The molecule has 2 aromatic carbocycles. The maximum Gasteiger partial charge on any atom is 0.311 e. The van der Waals surface area contributed by atoms with Gasteiger partial charge >= 0.3 is 5.69 Å². The van der Waals surface area contributed by atoms with E-state index in [1.54, 1.807) is 18.2 Å². The van der Waals surface area contributed by atoms with E-state index in [1.807, 2.05) is 19.1 Å². The average Bonchev–Trinajstić information content (AvgIpc) is 2.46. The number of hydrogen-bond donors (Lipinski definition) is 1. The third-order valence-corrected chi connectivity index (χ3v) is 3.11. The molecule has 104 valence electrons. The molecule has 2 aromatic rings. The van der Waals surface area contributed by atoms with Crippen LogP contribution in [0.15, 0.2) is 42.5 Å². The summed E-state index contributed by atoms with van der Waals surface area (Å²) >= 11 is 0. The summed E-state index contributed by atoms with van der Waals surface area (Å²) < 4.78 is 4.94. The maximum atomic E-state index is 11.0. The van der Waals surface area contributed by atoms with E-state index < -0.39 is 11.0 Å². The number of aliphatic hydroxyl groups is 1. The first-order valence-corrected chi connectivity index (χ1v) is 6.10. The van der Waals surface area contributed by atoms with Crippen LogP contribution in [0.2, 0.25) is 0 Å². The van der Waals surface area contributed by atoms with Crippen LogP contribution in [0, 0.1) is 17.0 Å². The average molecular weight is 273 g/mol. The number of benzene rings is 2. The second kappa shape index (κ2) is 5.71. The van der Waals surface area contributed by atoms with E-state index in [9.17, 15) is 15.2 Å². The largest absolute Gasteiger partial charge is 0.490 e. The summed E-state index contributed by atoms with van der Waals surface area (Å²) in [6, 6.07) is 11.8. The van der Waals surface area contributed by atoms with E-state index in [0.29, 0.717) is 11.1 Å². The Bertz CT molecular complexity index is 622. The van der Waals surface area contributed by atoms with E-state index in [4.69, 9.17) is 4.74 Å². The summed E-state index contributed by atoms with van der Waals surface area (Å²) in [6.07, 6.45) is -0.903. The maximum absolute atomic E-state index is 11.0. The summed E-state index contributed by atoms with van der Waals surface area (Å²) in [5, 5.41) is 21.3.